The highest BCUT2D eigenvalue weighted by Gasteiger charge is 2.62. The second-order valence-electron chi connectivity index (χ2n) is 14.1. The van der Waals surface area contributed by atoms with Gasteiger partial charge in [0.1, 0.15) is 6.10 Å². The number of carbonyl (C=O) groups excluding carboxylic acids is 1. The van der Waals surface area contributed by atoms with Crippen molar-refractivity contribution in [3.63, 3.8) is 0 Å². The molecule has 4 aliphatic rings. The van der Waals surface area contributed by atoms with Crippen LogP contribution in [0, 0.1) is 52.3 Å². The summed E-state index contributed by atoms with van der Waals surface area (Å²) in [6, 6.07) is 0. The molecule has 4 saturated carbocycles. The molecule has 0 spiro atoms. The summed E-state index contributed by atoms with van der Waals surface area (Å²) in [6.45, 7) is 12.6. The Kier molecular flexibility index (Phi) is 9.41. The zero-order chi connectivity index (χ0) is 25.2. The minimum Gasteiger partial charge on any atom is -0.462 e. The number of hydrogen-bond acceptors (Lipinski definition) is 2. The topological polar surface area (TPSA) is 26.3 Å². The molecule has 35 heavy (non-hydrogen) atoms. The summed E-state index contributed by atoms with van der Waals surface area (Å²) < 4.78 is 6.36. The first kappa shape index (κ1) is 28.0. The van der Waals surface area contributed by atoms with Crippen LogP contribution in [0.25, 0.3) is 0 Å². The highest BCUT2D eigenvalue weighted by Crippen LogP contribution is 2.68. The molecule has 9 atom stereocenters. The zero-order valence-electron chi connectivity index (χ0n) is 23.6. The average Bonchev–Trinajstić information content (AvgIpc) is 3.17. The van der Waals surface area contributed by atoms with Crippen molar-refractivity contribution in [2.45, 2.75) is 137 Å². The molecule has 0 aliphatic heterocycles. The van der Waals surface area contributed by atoms with E-state index in [9.17, 15) is 4.79 Å². The predicted molar refractivity (Wildman–Crippen MR) is 151 cm³/mol. The number of esters is 1. The van der Waals surface area contributed by atoms with E-state index in [0.29, 0.717) is 11.8 Å². The van der Waals surface area contributed by atoms with Crippen molar-refractivity contribution in [3.05, 3.63) is 0 Å². The fourth-order valence-corrected chi connectivity index (χ4v) is 10.5. The Morgan fingerprint density at radius 2 is 1.71 bits per heavy atom. The van der Waals surface area contributed by atoms with E-state index in [1.165, 1.54) is 70.6 Å². The Balaban J connectivity index is 1.46. The van der Waals surface area contributed by atoms with Gasteiger partial charge in [-0.15, -0.1) is 0 Å². The monoisotopic (exact) mass is 550 g/mol. The van der Waals surface area contributed by atoms with Crippen molar-refractivity contribution in [1.29, 1.82) is 0 Å². The molecule has 0 aromatic rings. The maximum atomic E-state index is 12.8. The fraction of sp³-hybridized carbons (Fsp3) is 0.969. The molecule has 4 fully saturated rings. The first-order valence-corrected chi connectivity index (χ1v) is 16.6. The van der Waals surface area contributed by atoms with Gasteiger partial charge in [-0.25, -0.2) is 0 Å². The van der Waals surface area contributed by atoms with Gasteiger partial charge in [-0.3, -0.25) is 4.79 Å². The third kappa shape index (κ3) is 5.56. The molecule has 202 valence electrons. The summed E-state index contributed by atoms with van der Waals surface area (Å²) in [5.74, 6) is 5.96. The van der Waals surface area contributed by atoms with Crippen molar-refractivity contribution in [3.8, 4) is 0 Å². The van der Waals surface area contributed by atoms with Gasteiger partial charge < -0.3 is 4.74 Å². The van der Waals surface area contributed by atoms with Crippen LogP contribution in [-0.2, 0) is 9.53 Å². The third-order valence-electron chi connectivity index (χ3n) is 11.9. The molecular weight excluding hydrogens is 496 g/mol. The molecule has 1 unspecified atom stereocenters. The minimum atomic E-state index is 0.0664. The van der Waals surface area contributed by atoms with Gasteiger partial charge in [0.25, 0.3) is 0 Å². The van der Waals surface area contributed by atoms with E-state index in [1.54, 1.807) is 0 Å². The lowest BCUT2D eigenvalue weighted by molar-refractivity contribution is -0.192. The maximum Gasteiger partial charge on any atom is 0.306 e. The Bertz CT molecular complexity index is 706. The molecule has 0 amide bonds. The van der Waals surface area contributed by atoms with Gasteiger partial charge >= 0.3 is 5.97 Å². The smallest absolute Gasteiger partial charge is 0.306 e. The highest BCUT2D eigenvalue weighted by molar-refractivity contribution is 9.09. The zero-order valence-corrected chi connectivity index (χ0v) is 25.2. The van der Waals surface area contributed by atoms with Crippen molar-refractivity contribution in [1.82, 2.24) is 0 Å². The van der Waals surface area contributed by atoms with Gasteiger partial charge in [0.05, 0.1) is 0 Å². The Hall–Kier alpha value is -0.0500. The summed E-state index contributed by atoms with van der Waals surface area (Å²) >= 11 is 3.50. The largest absolute Gasteiger partial charge is 0.462 e. The van der Waals surface area contributed by atoms with E-state index in [0.717, 1.165) is 66.0 Å². The van der Waals surface area contributed by atoms with Crippen molar-refractivity contribution >= 4 is 21.9 Å². The molecule has 0 N–H and O–H groups in total. The summed E-state index contributed by atoms with van der Waals surface area (Å²) in [6.07, 6.45) is 19.2. The van der Waals surface area contributed by atoms with Crippen LogP contribution in [-0.4, -0.2) is 17.4 Å². The summed E-state index contributed by atoms with van der Waals surface area (Å²) in [5, 5.41) is 0.977. The highest BCUT2D eigenvalue weighted by atomic mass is 79.9. The fourth-order valence-electron chi connectivity index (χ4n) is 10.1. The third-order valence-corrected chi connectivity index (χ3v) is 12.5. The lowest BCUT2D eigenvalue weighted by atomic mass is 9.44. The van der Waals surface area contributed by atoms with E-state index in [2.05, 4.69) is 50.5 Å². The molecule has 0 bridgehead atoms. The van der Waals surface area contributed by atoms with E-state index in [-0.39, 0.29) is 17.5 Å². The SMILES string of the molecule is CC(C)CCC[C@H](C)[C@@H]1CC[C@H]2[C@H]3CC[C@H]4CCCC(OC(=O)CCCCBr)[C@]4(C)[C@H]3CC[C@@]21C. The van der Waals surface area contributed by atoms with Crippen LogP contribution in [0.2, 0.25) is 0 Å². The summed E-state index contributed by atoms with van der Waals surface area (Å²) in [7, 11) is 0. The standard InChI is InChI=1S/C32H55BrO2/c1-22(2)10-8-11-23(3)26-17-18-27-25-16-15-24-12-9-13-29(35-30(34)14-6-7-21-33)32(24,5)28(25)19-20-31(26,27)4/h22-29H,6-21H2,1-5H3/t23-,24+,25+,26-,27-,28-,29?,31+,32-/m0/s1. The normalized spacial score (nSPS) is 41.7. The van der Waals surface area contributed by atoms with Crippen LogP contribution in [0.4, 0.5) is 0 Å². The van der Waals surface area contributed by atoms with E-state index >= 15 is 0 Å². The van der Waals surface area contributed by atoms with Crippen LogP contribution in [0.1, 0.15) is 131 Å². The minimum absolute atomic E-state index is 0.0664. The van der Waals surface area contributed by atoms with E-state index < -0.39 is 0 Å². The lowest BCUT2D eigenvalue weighted by Gasteiger charge is -2.62. The Morgan fingerprint density at radius 1 is 0.914 bits per heavy atom. The molecule has 0 heterocycles. The Labute approximate surface area is 225 Å². The molecule has 4 rings (SSSR count). The van der Waals surface area contributed by atoms with Crippen molar-refractivity contribution in [2.75, 3.05) is 5.33 Å². The van der Waals surface area contributed by atoms with E-state index in [4.69, 9.17) is 4.74 Å². The van der Waals surface area contributed by atoms with Gasteiger partial charge in [0.2, 0.25) is 0 Å². The lowest BCUT2D eigenvalue weighted by Crippen LogP contribution is -2.58. The molecular formula is C32H55BrO2. The van der Waals surface area contributed by atoms with Crippen molar-refractivity contribution < 1.29 is 9.53 Å². The summed E-state index contributed by atoms with van der Waals surface area (Å²) in [5.41, 5.74) is 0.743. The molecule has 2 nitrogen and oxygen atoms in total. The van der Waals surface area contributed by atoms with Crippen molar-refractivity contribution in [2.24, 2.45) is 52.3 Å². The second-order valence-corrected chi connectivity index (χ2v) is 14.9. The quantitative estimate of drug-likeness (QED) is 0.154. The van der Waals surface area contributed by atoms with Gasteiger partial charge in [-0.05, 0) is 117 Å². The number of unbranched alkanes of at least 4 members (excludes halogenated alkanes) is 1. The van der Waals surface area contributed by atoms with Crippen LogP contribution in [0.15, 0.2) is 0 Å². The van der Waals surface area contributed by atoms with Gasteiger partial charge in [0, 0.05) is 17.2 Å². The number of carbonyl (C=O) groups is 1. The number of ether oxygens (including phenoxy) is 1. The number of fused-ring (bicyclic) bond motifs is 5. The molecule has 4 aliphatic carbocycles. The second kappa shape index (κ2) is 11.8. The molecule has 0 saturated heterocycles. The van der Waals surface area contributed by atoms with E-state index in [1.807, 2.05) is 0 Å². The molecule has 0 aromatic heterocycles. The van der Waals surface area contributed by atoms with Crippen LogP contribution < -0.4 is 0 Å². The molecule has 0 radical (unpaired) electrons. The maximum absolute atomic E-state index is 12.8. The number of rotatable bonds is 10. The van der Waals surface area contributed by atoms with Gasteiger partial charge in [-0.2, -0.15) is 0 Å². The van der Waals surface area contributed by atoms with Gasteiger partial charge in [-0.1, -0.05) is 69.8 Å². The van der Waals surface area contributed by atoms with Crippen LogP contribution >= 0.6 is 15.9 Å². The number of alkyl halides is 1. The first-order chi connectivity index (χ1) is 16.7. The first-order valence-electron chi connectivity index (χ1n) is 15.5. The molecule has 0 aromatic carbocycles. The van der Waals surface area contributed by atoms with Crippen LogP contribution in [0.3, 0.4) is 0 Å². The molecule has 3 heteroatoms. The van der Waals surface area contributed by atoms with Gasteiger partial charge in [0.15, 0.2) is 0 Å². The number of hydrogen-bond donors (Lipinski definition) is 0. The van der Waals surface area contributed by atoms with Crippen LogP contribution in [0.5, 0.6) is 0 Å². The summed E-state index contributed by atoms with van der Waals surface area (Å²) in [4.78, 5) is 12.8. The average molecular weight is 552 g/mol. The Morgan fingerprint density at radius 3 is 2.46 bits per heavy atom. The predicted octanol–water partition coefficient (Wildman–Crippen LogP) is 9.58. The number of halogens is 1.